The van der Waals surface area contributed by atoms with Crippen molar-refractivity contribution in [2.75, 3.05) is 20.3 Å². The van der Waals surface area contributed by atoms with E-state index >= 15 is 0 Å². The van der Waals surface area contributed by atoms with E-state index in [2.05, 4.69) is 25.1 Å². The summed E-state index contributed by atoms with van der Waals surface area (Å²) in [4.78, 5) is 15.2. The minimum Gasteiger partial charge on any atom is -0.496 e. The molecule has 138 valence electrons. The second kappa shape index (κ2) is 8.86. The molecule has 0 aliphatic carbocycles. The molecular formula is C22H27NO3. The van der Waals surface area contributed by atoms with Crippen LogP contribution in [0.1, 0.15) is 24.5 Å². The van der Waals surface area contributed by atoms with E-state index in [0.717, 1.165) is 29.7 Å². The molecule has 0 aromatic heterocycles. The van der Waals surface area contributed by atoms with E-state index < -0.39 is 0 Å². The van der Waals surface area contributed by atoms with Gasteiger partial charge in [0.15, 0.2) is 0 Å². The lowest BCUT2D eigenvalue weighted by Gasteiger charge is -2.32. The molecule has 1 saturated heterocycles. The SMILES string of the molecule is COc1ccccc1C[C@H](C)N(Cc1ccccc1)C(=O)[C@@H]1CCOC1. The predicted molar refractivity (Wildman–Crippen MR) is 102 cm³/mol. The summed E-state index contributed by atoms with van der Waals surface area (Å²) >= 11 is 0. The smallest absolute Gasteiger partial charge is 0.228 e. The lowest BCUT2D eigenvalue weighted by Crippen LogP contribution is -2.43. The predicted octanol–water partition coefficient (Wildman–Crippen LogP) is 3.69. The molecule has 2 atom stereocenters. The molecule has 0 radical (unpaired) electrons. The van der Waals surface area contributed by atoms with Gasteiger partial charge < -0.3 is 14.4 Å². The van der Waals surface area contributed by atoms with Gasteiger partial charge in [-0.15, -0.1) is 0 Å². The van der Waals surface area contributed by atoms with E-state index in [9.17, 15) is 4.79 Å². The molecule has 0 bridgehead atoms. The van der Waals surface area contributed by atoms with Crippen LogP contribution in [-0.4, -0.2) is 37.2 Å². The van der Waals surface area contributed by atoms with Crippen molar-refractivity contribution in [2.24, 2.45) is 5.92 Å². The van der Waals surface area contributed by atoms with Crippen LogP contribution < -0.4 is 4.74 Å². The fraction of sp³-hybridized carbons (Fsp3) is 0.409. The van der Waals surface area contributed by atoms with Crippen LogP contribution in [-0.2, 0) is 22.5 Å². The molecule has 1 heterocycles. The number of carbonyl (C=O) groups excluding carboxylic acids is 1. The third-order valence-electron chi connectivity index (χ3n) is 5.00. The minimum atomic E-state index is -0.0289. The lowest BCUT2D eigenvalue weighted by atomic mass is 10.0. The number of nitrogens with zero attached hydrogens (tertiary/aromatic N) is 1. The van der Waals surface area contributed by atoms with Gasteiger partial charge in [-0.3, -0.25) is 4.79 Å². The van der Waals surface area contributed by atoms with E-state index in [-0.39, 0.29) is 17.9 Å². The monoisotopic (exact) mass is 353 g/mol. The number of hydrogen-bond donors (Lipinski definition) is 0. The van der Waals surface area contributed by atoms with Crippen LogP contribution in [0.25, 0.3) is 0 Å². The van der Waals surface area contributed by atoms with Crippen LogP contribution in [0, 0.1) is 5.92 Å². The maximum Gasteiger partial charge on any atom is 0.228 e. The van der Waals surface area contributed by atoms with Crippen molar-refractivity contribution in [1.29, 1.82) is 0 Å². The Morgan fingerprint density at radius 2 is 1.92 bits per heavy atom. The first kappa shape index (κ1) is 18.5. The molecule has 0 unspecified atom stereocenters. The van der Waals surface area contributed by atoms with Gasteiger partial charge in [0, 0.05) is 19.2 Å². The summed E-state index contributed by atoms with van der Waals surface area (Å²) in [6, 6.07) is 18.3. The standard InChI is InChI=1S/C22H27NO3/c1-17(14-19-10-6-7-11-21(19)25-2)23(15-18-8-4-3-5-9-18)22(24)20-12-13-26-16-20/h3-11,17,20H,12-16H2,1-2H3/t17-,20+/m0/s1. The highest BCUT2D eigenvalue weighted by atomic mass is 16.5. The van der Waals surface area contributed by atoms with E-state index in [4.69, 9.17) is 9.47 Å². The van der Waals surface area contributed by atoms with E-state index in [0.29, 0.717) is 19.8 Å². The van der Waals surface area contributed by atoms with Gasteiger partial charge in [0.05, 0.1) is 19.6 Å². The third kappa shape index (κ3) is 4.44. The number of benzene rings is 2. The summed E-state index contributed by atoms with van der Waals surface area (Å²) in [6.45, 7) is 3.94. The maximum atomic E-state index is 13.2. The molecule has 1 amide bonds. The zero-order chi connectivity index (χ0) is 18.4. The summed E-state index contributed by atoms with van der Waals surface area (Å²) in [5.74, 6) is 1.03. The first-order valence-corrected chi connectivity index (χ1v) is 9.23. The number of hydrogen-bond acceptors (Lipinski definition) is 3. The molecule has 3 rings (SSSR count). The maximum absolute atomic E-state index is 13.2. The van der Waals surface area contributed by atoms with Gasteiger partial charge in [0.25, 0.3) is 0 Å². The first-order chi connectivity index (χ1) is 12.7. The fourth-order valence-corrected chi connectivity index (χ4v) is 3.49. The number of ether oxygens (including phenoxy) is 2. The number of methoxy groups -OCH3 is 1. The summed E-state index contributed by atoms with van der Waals surface area (Å²) in [6.07, 6.45) is 1.57. The highest BCUT2D eigenvalue weighted by Gasteiger charge is 2.31. The Morgan fingerprint density at radius 3 is 2.62 bits per heavy atom. The van der Waals surface area contributed by atoms with Crippen LogP contribution in [0.4, 0.5) is 0 Å². The number of para-hydroxylation sites is 1. The molecule has 4 nitrogen and oxygen atoms in total. The Hall–Kier alpha value is -2.33. The van der Waals surface area contributed by atoms with E-state index in [1.807, 2.05) is 41.3 Å². The quantitative estimate of drug-likeness (QED) is 0.762. The molecule has 4 heteroatoms. The molecule has 0 N–H and O–H groups in total. The van der Waals surface area contributed by atoms with Gasteiger partial charge in [-0.25, -0.2) is 0 Å². The molecule has 1 aliphatic heterocycles. The van der Waals surface area contributed by atoms with Gasteiger partial charge in [0.2, 0.25) is 5.91 Å². The zero-order valence-electron chi connectivity index (χ0n) is 15.6. The fourth-order valence-electron chi connectivity index (χ4n) is 3.49. The van der Waals surface area contributed by atoms with Crippen molar-refractivity contribution in [3.05, 3.63) is 65.7 Å². The lowest BCUT2D eigenvalue weighted by molar-refractivity contribution is -0.138. The zero-order valence-corrected chi connectivity index (χ0v) is 15.6. The summed E-state index contributed by atoms with van der Waals surface area (Å²) < 4.78 is 10.9. The van der Waals surface area contributed by atoms with Crippen molar-refractivity contribution in [3.63, 3.8) is 0 Å². The van der Waals surface area contributed by atoms with Crippen LogP contribution in [0.5, 0.6) is 5.75 Å². The second-order valence-electron chi connectivity index (χ2n) is 6.88. The number of amides is 1. The van der Waals surface area contributed by atoms with Crippen LogP contribution in [0.2, 0.25) is 0 Å². The Balaban J connectivity index is 1.80. The summed E-state index contributed by atoms with van der Waals surface area (Å²) in [5, 5.41) is 0. The highest BCUT2D eigenvalue weighted by Crippen LogP contribution is 2.24. The minimum absolute atomic E-state index is 0.0289. The Kier molecular flexibility index (Phi) is 6.29. The molecular weight excluding hydrogens is 326 g/mol. The van der Waals surface area contributed by atoms with Gasteiger partial charge in [-0.2, -0.15) is 0 Å². The Labute approximate surface area is 155 Å². The van der Waals surface area contributed by atoms with Gasteiger partial charge in [-0.05, 0) is 37.0 Å². The molecule has 0 spiro atoms. The van der Waals surface area contributed by atoms with Gasteiger partial charge >= 0.3 is 0 Å². The number of carbonyl (C=O) groups is 1. The van der Waals surface area contributed by atoms with Gasteiger partial charge in [0.1, 0.15) is 5.75 Å². The topological polar surface area (TPSA) is 38.8 Å². The van der Waals surface area contributed by atoms with Crippen LogP contribution >= 0.6 is 0 Å². The van der Waals surface area contributed by atoms with Gasteiger partial charge in [-0.1, -0.05) is 48.5 Å². The van der Waals surface area contributed by atoms with Crippen molar-refractivity contribution in [3.8, 4) is 5.75 Å². The summed E-state index contributed by atoms with van der Waals surface area (Å²) in [7, 11) is 1.69. The third-order valence-corrected chi connectivity index (χ3v) is 5.00. The van der Waals surface area contributed by atoms with E-state index in [1.165, 1.54) is 0 Å². The molecule has 1 aliphatic rings. The van der Waals surface area contributed by atoms with Crippen LogP contribution in [0.3, 0.4) is 0 Å². The van der Waals surface area contributed by atoms with Crippen molar-refractivity contribution in [2.45, 2.75) is 32.4 Å². The average Bonchev–Trinajstić information content (AvgIpc) is 3.21. The molecule has 2 aromatic carbocycles. The Morgan fingerprint density at radius 1 is 1.19 bits per heavy atom. The van der Waals surface area contributed by atoms with Crippen LogP contribution in [0.15, 0.2) is 54.6 Å². The van der Waals surface area contributed by atoms with Crippen molar-refractivity contribution in [1.82, 2.24) is 4.90 Å². The highest BCUT2D eigenvalue weighted by molar-refractivity contribution is 5.79. The largest absolute Gasteiger partial charge is 0.496 e. The second-order valence-corrected chi connectivity index (χ2v) is 6.88. The Bertz CT molecular complexity index is 710. The van der Waals surface area contributed by atoms with Crippen molar-refractivity contribution >= 4 is 5.91 Å². The molecule has 1 fully saturated rings. The normalized spacial score (nSPS) is 17.7. The first-order valence-electron chi connectivity index (χ1n) is 9.23. The van der Waals surface area contributed by atoms with Crippen molar-refractivity contribution < 1.29 is 14.3 Å². The van der Waals surface area contributed by atoms with E-state index in [1.54, 1.807) is 7.11 Å². The molecule has 2 aromatic rings. The summed E-state index contributed by atoms with van der Waals surface area (Å²) in [5.41, 5.74) is 2.27. The molecule has 26 heavy (non-hydrogen) atoms. The number of rotatable bonds is 7. The molecule has 0 saturated carbocycles. The average molecular weight is 353 g/mol.